The lowest BCUT2D eigenvalue weighted by Gasteiger charge is -2.11. The predicted molar refractivity (Wildman–Crippen MR) is 108 cm³/mol. The van der Waals surface area contributed by atoms with Crippen molar-refractivity contribution < 1.29 is 4.74 Å². The summed E-state index contributed by atoms with van der Waals surface area (Å²) in [6, 6.07) is 25.8. The Balaban J connectivity index is 0.00000196. The van der Waals surface area contributed by atoms with Crippen LogP contribution >= 0.6 is 12.4 Å². The van der Waals surface area contributed by atoms with E-state index in [0.717, 1.165) is 33.7 Å². The smallest absolute Gasteiger partial charge is 0.162 e. The van der Waals surface area contributed by atoms with E-state index in [0.29, 0.717) is 5.82 Å². The first-order chi connectivity index (χ1) is 12.3. The van der Waals surface area contributed by atoms with Crippen molar-refractivity contribution in [3.05, 3.63) is 78.9 Å². The molecule has 0 aliphatic heterocycles. The summed E-state index contributed by atoms with van der Waals surface area (Å²) in [6.07, 6.45) is 0. The van der Waals surface area contributed by atoms with Gasteiger partial charge in [-0.15, -0.1) is 12.4 Å². The summed E-state index contributed by atoms with van der Waals surface area (Å²) in [7, 11) is 1.66. The molecule has 4 aromatic rings. The average molecular weight is 364 g/mol. The second-order valence-corrected chi connectivity index (χ2v) is 5.63. The van der Waals surface area contributed by atoms with Crippen LogP contribution in [0.15, 0.2) is 78.9 Å². The molecule has 4 rings (SSSR count). The molecule has 0 spiro atoms. The fraction of sp³-hybridized carbons (Fsp3) is 0.0476. The van der Waals surface area contributed by atoms with Gasteiger partial charge in [-0.2, -0.15) is 0 Å². The first-order valence-corrected chi connectivity index (χ1v) is 8.07. The van der Waals surface area contributed by atoms with Gasteiger partial charge in [0.25, 0.3) is 0 Å². The standard InChI is InChI=1S/C21H17N3O.ClH/c1-25-17-13-11-16(12-14-17)22-21-18-9-5-6-10-19(18)23-20(24-21)15-7-3-2-4-8-15;/h2-14H,1H3,(H,22,23,24);1H. The number of fused-ring (bicyclic) bond motifs is 1. The van der Waals surface area contributed by atoms with Crippen LogP contribution in [0.3, 0.4) is 0 Å². The maximum atomic E-state index is 5.21. The Morgan fingerprint density at radius 3 is 2.19 bits per heavy atom. The van der Waals surface area contributed by atoms with E-state index in [-0.39, 0.29) is 12.4 Å². The molecule has 0 atom stereocenters. The number of halogens is 1. The second kappa shape index (κ2) is 7.85. The van der Waals surface area contributed by atoms with E-state index < -0.39 is 0 Å². The number of nitrogens with one attached hydrogen (secondary N) is 1. The van der Waals surface area contributed by atoms with Gasteiger partial charge >= 0.3 is 0 Å². The molecule has 130 valence electrons. The Labute approximate surface area is 158 Å². The molecule has 1 aromatic heterocycles. The molecule has 1 N–H and O–H groups in total. The molecule has 0 radical (unpaired) electrons. The van der Waals surface area contributed by atoms with Crippen LogP contribution in [-0.2, 0) is 0 Å². The van der Waals surface area contributed by atoms with Gasteiger partial charge in [-0.3, -0.25) is 0 Å². The van der Waals surface area contributed by atoms with Crippen molar-refractivity contribution in [2.45, 2.75) is 0 Å². The van der Waals surface area contributed by atoms with Crippen molar-refractivity contribution in [2.24, 2.45) is 0 Å². The van der Waals surface area contributed by atoms with E-state index in [4.69, 9.17) is 14.7 Å². The van der Waals surface area contributed by atoms with Crippen LogP contribution in [0.4, 0.5) is 11.5 Å². The van der Waals surface area contributed by atoms with E-state index in [1.807, 2.05) is 78.9 Å². The summed E-state index contributed by atoms with van der Waals surface area (Å²) in [4.78, 5) is 9.46. The normalized spacial score (nSPS) is 10.2. The van der Waals surface area contributed by atoms with Gasteiger partial charge in [-0.1, -0.05) is 42.5 Å². The van der Waals surface area contributed by atoms with Gasteiger partial charge in [-0.05, 0) is 36.4 Å². The Morgan fingerprint density at radius 1 is 0.769 bits per heavy atom. The lowest BCUT2D eigenvalue weighted by molar-refractivity contribution is 0.415. The first kappa shape index (κ1) is 17.7. The molecular weight excluding hydrogens is 346 g/mol. The predicted octanol–water partition coefficient (Wildman–Crippen LogP) is 5.47. The number of anilines is 2. The van der Waals surface area contributed by atoms with E-state index in [2.05, 4.69) is 5.32 Å². The van der Waals surface area contributed by atoms with Crippen molar-refractivity contribution in [3.8, 4) is 17.1 Å². The molecule has 1 heterocycles. The topological polar surface area (TPSA) is 47.0 Å². The Kier molecular flexibility index (Phi) is 5.34. The number of hydrogen-bond donors (Lipinski definition) is 1. The second-order valence-electron chi connectivity index (χ2n) is 5.63. The van der Waals surface area contributed by atoms with Crippen LogP contribution in [-0.4, -0.2) is 17.1 Å². The largest absolute Gasteiger partial charge is 0.497 e. The molecule has 3 aromatic carbocycles. The van der Waals surface area contributed by atoms with E-state index in [1.165, 1.54) is 0 Å². The Hall–Kier alpha value is -3.11. The molecular formula is C21H18ClN3O. The summed E-state index contributed by atoms with van der Waals surface area (Å²) in [6.45, 7) is 0. The highest BCUT2D eigenvalue weighted by Crippen LogP contribution is 2.27. The maximum Gasteiger partial charge on any atom is 0.162 e. The minimum absolute atomic E-state index is 0. The summed E-state index contributed by atoms with van der Waals surface area (Å²) < 4.78 is 5.21. The van der Waals surface area contributed by atoms with E-state index >= 15 is 0 Å². The fourth-order valence-corrected chi connectivity index (χ4v) is 2.70. The van der Waals surface area contributed by atoms with Crippen molar-refractivity contribution in [3.63, 3.8) is 0 Å². The summed E-state index contributed by atoms with van der Waals surface area (Å²) in [5.74, 6) is 2.31. The van der Waals surface area contributed by atoms with Gasteiger partial charge in [0.2, 0.25) is 0 Å². The van der Waals surface area contributed by atoms with E-state index in [9.17, 15) is 0 Å². The number of nitrogens with zero attached hydrogens (tertiary/aromatic N) is 2. The third kappa shape index (κ3) is 3.60. The maximum absolute atomic E-state index is 5.21. The van der Waals surface area contributed by atoms with Crippen molar-refractivity contribution in [1.29, 1.82) is 0 Å². The highest BCUT2D eigenvalue weighted by molar-refractivity contribution is 5.92. The molecule has 26 heavy (non-hydrogen) atoms. The highest BCUT2D eigenvalue weighted by atomic mass is 35.5. The summed E-state index contributed by atoms with van der Waals surface area (Å²) >= 11 is 0. The molecule has 0 aliphatic rings. The molecule has 4 nitrogen and oxygen atoms in total. The highest BCUT2D eigenvalue weighted by Gasteiger charge is 2.09. The van der Waals surface area contributed by atoms with Gasteiger partial charge in [0.05, 0.1) is 12.6 Å². The number of rotatable bonds is 4. The lowest BCUT2D eigenvalue weighted by atomic mass is 10.2. The summed E-state index contributed by atoms with van der Waals surface area (Å²) in [5.41, 5.74) is 2.85. The van der Waals surface area contributed by atoms with Crippen LogP contribution in [0.25, 0.3) is 22.3 Å². The molecule has 0 bridgehead atoms. The number of ether oxygens (including phenoxy) is 1. The Morgan fingerprint density at radius 2 is 1.46 bits per heavy atom. The van der Waals surface area contributed by atoms with Crippen LogP contribution in [0.1, 0.15) is 0 Å². The monoisotopic (exact) mass is 363 g/mol. The minimum Gasteiger partial charge on any atom is -0.497 e. The average Bonchev–Trinajstić information content (AvgIpc) is 2.69. The molecule has 0 fully saturated rings. The zero-order valence-corrected chi connectivity index (χ0v) is 15.0. The lowest BCUT2D eigenvalue weighted by Crippen LogP contribution is -1.99. The summed E-state index contributed by atoms with van der Waals surface area (Å²) in [5, 5.41) is 4.39. The number of methoxy groups -OCH3 is 1. The first-order valence-electron chi connectivity index (χ1n) is 8.07. The third-order valence-corrected chi connectivity index (χ3v) is 3.99. The zero-order valence-electron chi connectivity index (χ0n) is 14.2. The molecule has 0 saturated heterocycles. The fourth-order valence-electron chi connectivity index (χ4n) is 2.70. The molecule has 5 heteroatoms. The molecule has 0 aliphatic carbocycles. The van der Waals surface area contributed by atoms with Crippen LogP contribution in [0, 0.1) is 0 Å². The minimum atomic E-state index is 0. The van der Waals surface area contributed by atoms with Crippen LogP contribution in [0.2, 0.25) is 0 Å². The van der Waals surface area contributed by atoms with Crippen LogP contribution < -0.4 is 10.1 Å². The van der Waals surface area contributed by atoms with E-state index in [1.54, 1.807) is 7.11 Å². The SMILES string of the molecule is COc1ccc(Nc2nc(-c3ccccc3)nc3ccccc23)cc1.Cl. The van der Waals surface area contributed by atoms with Gasteiger partial charge in [0, 0.05) is 16.6 Å². The van der Waals surface area contributed by atoms with Gasteiger partial charge < -0.3 is 10.1 Å². The van der Waals surface area contributed by atoms with Gasteiger partial charge in [-0.25, -0.2) is 9.97 Å². The zero-order chi connectivity index (χ0) is 17.1. The van der Waals surface area contributed by atoms with Gasteiger partial charge in [0.1, 0.15) is 11.6 Å². The molecule has 0 amide bonds. The third-order valence-electron chi connectivity index (χ3n) is 3.99. The van der Waals surface area contributed by atoms with Crippen molar-refractivity contribution in [2.75, 3.05) is 12.4 Å². The number of benzene rings is 3. The Bertz CT molecular complexity index is 1000. The number of hydrogen-bond acceptors (Lipinski definition) is 4. The van der Waals surface area contributed by atoms with Crippen LogP contribution in [0.5, 0.6) is 5.75 Å². The van der Waals surface area contributed by atoms with Crippen molar-refractivity contribution >= 4 is 34.8 Å². The molecule has 0 saturated carbocycles. The van der Waals surface area contributed by atoms with Gasteiger partial charge in [0.15, 0.2) is 5.82 Å². The van der Waals surface area contributed by atoms with Crippen molar-refractivity contribution in [1.82, 2.24) is 9.97 Å². The molecule has 0 unspecified atom stereocenters. The number of aromatic nitrogens is 2. The number of para-hydroxylation sites is 1. The quantitative estimate of drug-likeness (QED) is 0.522.